The van der Waals surface area contributed by atoms with Crippen LogP contribution in [-0.2, 0) is 17.9 Å². The average molecular weight is 421 g/mol. The van der Waals surface area contributed by atoms with E-state index in [9.17, 15) is 22.1 Å². The van der Waals surface area contributed by atoms with Crippen LogP contribution in [0.4, 0.5) is 17.6 Å². The number of hydrogen-bond acceptors (Lipinski definition) is 2. The molecule has 2 rings (SSSR count). The van der Waals surface area contributed by atoms with Crippen LogP contribution >= 0.6 is 0 Å². The van der Waals surface area contributed by atoms with Gasteiger partial charge in [0, 0.05) is 40.6 Å². The molecular formula is C20H28F4N2OS. The third-order valence-corrected chi connectivity index (χ3v) is 5.82. The molecule has 2 atom stereocenters. The van der Waals surface area contributed by atoms with Crippen molar-refractivity contribution in [1.29, 1.82) is 0 Å². The van der Waals surface area contributed by atoms with E-state index in [0.717, 1.165) is 6.07 Å². The van der Waals surface area contributed by atoms with Gasteiger partial charge in [-0.3, -0.25) is 0 Å². The maximum absolute atomic E-state index is 14.2. The van der Waals surface area contributed by atoms with Gasteiger partial charge in [-0.15, -0.1) is 4.72 Å². The minimum Gasteiger partial charge on any atom is -0.598 e. The first-order chi connectivity index (χ1) is 12.5. The number of aromatic nitrogens is 1. The highest BCUT2D eigenvalue weighted by Crippen LogP contribution is 2.40. The number of alkyl halides is 3. The van der Waals surface area contributed by atoms with Gasteiger partial charge in [0.1, 0.15) is 10.6 Å². The summed E-state index contributed by atoms with van der Waals surface area (Å²) in [5, 5.41) is 0.174. The lowest BCUT2D eigenvalue weighted by atomic mass is 9.97. The molecule has 3 nitrogen and oxygen atoms in total. The summed E-state index contributed by atoms with van der Waals surface area (Å²) in [7, 11) is 0. The minimum atomic E-state index is -4.69. The van der Waals surface area contributed by atoms with Crippen LogP contribution in [0.5, 0.6) is 0 Å². The number of fused-ring (bicyclic) bond motifs is 1. The zero-order valence-corrected chi connectivity index (χ0v) is 18.1. The molecule has 0 aliphatic carbocycles. The van der Waals surface area contributed by atoms with Gasteiger partial charge in [0.05, 0.1) is 0 Å². The number of aryl methyl sites for hydroxylation is 1. The summed E-state index contributed by atoms with van der Waals surface area (Å²) in [5.41, 5.74) is 0.577. The molecule has 158 valence electrons. The second-order valence-electron chi connectivity index (χ2n) is 9.37. The molecule has 1 aromatic carbocycles. The molecule has 0 aliphatic rings. The van der Waals surface area contributed by atoms with E-state index in [0.29, 0.717) is 17.6 Å². The number of benzene rings is 1. The van der Waals surface area contributed by atoms with Crippen LogP contribution in [0.2, 0.25) is 0 Å². The number of nitrogens with zero attached hydrogens (tertiary/aromatic N) is 1. The fraction of sp³-hybridized carbons (Fsp3) is 0.600. The Kier molecular flexibility index (Phi) is 6.20. The predicted octanol–water partition coefficient (Wildman–Crippen LogP) is 5.79. The van der Waals surface area contributed by atoms with Gasteiger partial charge in [-0.2, -0.15) is 13.2 Å². The predicted molar refractivity (Wildman–Crippen MR) is 106 cm³/mol. The molecule has 28 heavy (non-hydrogen) atoms. The van der Waals surface area contributed by atoms with Gasteiger partial charge in [-0.25, -0.2) is 4.39 Å². The van der Waals surface area contributed by atoms with E-state index in [1.165, 1.54) is 6.20 Å². The molecule has 0 unspecified atom stereocenters. The maximum atomic E-state index is 14.2. The summed E-state index contributed by atoms with van der Waals surface area (Å²) in [6, 6.07) is 0.534. The van der Waals surface area contributed by atoms with Crippen LogP contribution in [0.15, 0.2) is 18.3 Å². The van der Waals surface area contributed by atoms with E-state index in [2.05, 4.69) is 4.72 Å². The number of hydrogen-bond donors (Lipinski definition) is 1. The molecule has 1 heterocycles. The van der Waals surface area contributed by atoms with Gasteiger partial charge in [0.15, 0.2) is 6.04 Å². The smallest absolute Gasteiger partial charge is 0.412 e. The van der Waals surface area contributed by atoms with Crippen LogP contribution in [0.3, 0.4) is 0 Å². The average Bonchev–Trinajstić information content (AvgIpc) is 2.78. The largest absolute Gasteiger partial charge is 0.598 e. The van der Waals surface area contributed by atoms with Crippen molar-refractivity contribution < 1.29 is 22.1 Å². The molecule has 1 aromatic heterocycles. The summed E-state index contributed by atoms with van der Waals surface area (Å²) in [4.78, 5) is 0. The molecule has 0 saturated heterocycles. The van der Waals surface area contributed by atoms with E-state index in [-0.39, 0.29) is 16.4 Å². The lowest BCUT2D eigenvalue weighted by Gasteiger charge is -2.29. The lowest BCUT2D eigenvalue weighted by Crippen LogP contribution is -2.45. The van der Waals surface area contributed by atoms with Crippen LogP contribution in [0.25, 0.3) is 10.9 Å². The van der Waals surface area contributed by atoms with E-state index in [4.69, 9.17) is 0 Å². The Morgan fingerprint density at radius 1 is 1.11 bits per heavy atom. The quantitative estimate of drug-likeness (QED) is 0.502. The van der Waals surface area contributed by atoms with Crippen LogP contribution in [0.1, 0.15) is 58.7 Å². The zero-order chi connectivity index (χ0) is 21.7. The van der Waals surface area contributed by atoms with Crippen molar-refractivity contribution in [3.05, 3.63) is 35.3 Å². The Morgan fingerprint density at radius 3 is 2.14 bits per heavy atom. The topological polar surface area (TPSA) is 40.0 Å². The second-order valence-corrected chi connectivity index (χ2v) is 11.4. The molecule has 0 spiro atoms. The van der Waals surface area contributed by atoms with E-state index in [1.54, 1.807) is 38.3 Å². The van der Waals surface area contributed by atoms with Gasteiger partial charge < -0.3 is 9.12 Å². The monoisotopic (exact) mass is 420 g/mol. The third-order valence-electron chi connectivity index (χ3n) is 4.26. The first kappa shape index (κ1) is 23.0. The maximum Gasteiger partial charge on any atom is 0.412 e. The van der Waals surface area contributed by atoms with Crippen molar-refractivity contribution in [1.82, 2.24) is 9.29 Å². The minimum absolute atomic E-state index is 0.122. The summed E-state index contributed by atoms with van der Waals surface area (Å²) in [5.74, 6) is -0.569. The Balaban J connectivity index is 2.69. The Labute approximate surface area is 166 Å². The van der Waals surface area contributed by atoms with E-state index in [1.807, 2.05) is 20.8 Å². The second kappa shape index (κ2) is 7.54. The Hall–Kier alpha value is -1.25. The van der Waals surface area contributed by atoms with Crippen molar-refractivity contribution in [3.63, 3.8) is 0 Å². The van der Waals surface area contributed by atoms with Crippen molar-refractivity contribution in [2.24, 2.45) is 5.41 Å². The Bertz CT molecular complexity index is 847. The molecule has 0 radical (unpaired) electrons. The third kappa shape index (κ3) is 5.21. The normalized spacial score (nSPS) is 15.9. The first-order valence-corrected chi connectivity index (χ1v) is 10.2. The first-order valence-electron chi connectivity index (χ1n) is 9.04. The highest BCUT2D eigenvalue weighted by molar-refractivity contribution is 7.90. The van der Waals surface area contributed by atoms with Gasteiger partial charge >= 0.3 is 6.18 Å². The highest BCUT2D eigenvalue weighted by atomic mass is 32.2. The van der Waals surface area contributed by atoms with Crippen LogP contribution in [-0.4, -0.2) is 20.0 Å². The van der Waals surface area contributed by atoms with E-state index < -0.39 is 34.1 Å². The fourth-order valence-corrected chi connectivity index (χ4v) is 3.73. The highest BCUT2D eigenvalue weighted by Gasteiger charge is 2.47. The molecule has 0 bridgehead atoms. The molecule has 0 fully saturated rings. The summed E-state index contributed by atoms with van der Waals surface area (Å²) >= 11 is -1.95. The number of rotatable bonds is 4. The fourth-order valence-electron chi connectivity index (χ4n) is 2.90. The van der Waals surface area contributed by atoms with Crippen LogP contribution in [0, 0.1) is 18.2 Å². The van der Waals surface area contributed by atoms with Crippen molar-refractivity contribution in [3.8, 4) is 0 Å². The molecular weight excluding hydrogens is 392 g/mol. The lowest BCUT2D eigenvalue weighted by molar-refractivity contribution is -0.152. The molecule has 0 saturated carbocycles. The molecule has 2 aromatic rings. The summed E-state index contributed by atoms with van der Waals surface area (Å²) in [6.45, 7) is 12.7. The molecule has 1 N–H and O–H groups in total. The molecule has 0 aliphatic heterocycles. The molecule has 0 amide bonds. The van der Waals surface area contributed by atoms with Crippen molar-refractivity contribution in [2.75, 3.05) is 0 Å². The van der Waals surface area contributed by atoms with Gasteiger partial charge in [-0.05, 0) is 50.8 Å². The van der Waals surface area contributed by atoms with Crippen LogP contribution < -0.4 is 4.72 Å². The zero-order valence-electron chi connectivity index (χ0n) is 17.3. The number of halogens is 4. The standard InChI is InChI=1S/C20H28F4N2OS/c1-12-8-16-13(9-15(12)21)14(10-26(16)11-18(2,3)4)17(20(22,23)24)25-28(27)19(5,6)7/h8-10,17,25H,11H2,1-7H3/t17-,28-/m0/s1. The number of nitrogens with one attached hydrogen (secondary N) is 1. The summed E-state index contributed by atoms with van der Waals surface area (Å²) in [6.07, 6.45) is -3.29. The Morgan fingerprint density at radius 2 is 1.68 bits per heavy atom. The van der Waals surface area contributed by atoms with Crippen molar-refractivity contribution >= 4 is 22.3 Å². The van der Waals surface area contributed by atoms with Gasteiger partial charge in [-0.1, -0.05) is 20.8 Å². The van der Waals surface area contributed by atoms with Gasteiger partial charge in [0.2, 0.25) is 0 Å². The molecule has 8 heteroatoms. The van der Waals surface area contributed by atoms with Gasteiger partial charge in [0.25, 0.3) is 0 Å². The summed E-state index contributed by atoms with van der Waals surface area (Å²) < 4.78 is 71.4. The van der Waals surface area contributed by atoms with Crippen molar-refractivity contribution in [2.45, 2.75) is 72.0 Å². The van der Waals surface area contributed by atoms with E-state index >= 15 is 0 Å². The SMILES string of the molecule is Cc1cc2c(cc1F)c([C@H](N[S@@+]([O-])C(C)(C)C)C(F)(F)F)cn2CC(C)(C)C.